The van der Waals surface area contributed by atoms with Crippen LogP contribution in [0.4, 0.5) is 4.79 Å². The summed E-state index contributed by atoms with van der Waals surface area (Å²) < 4.78 is 10.5. The lowest BCUT2D eigenvalue weighted by Crippen LogP contribution is -2.40. The Labute approximate surface area is 135 Å². The van der Waals surface area contributed by atoms with Crippen molar-refractivity contribution in [1.82, 2.24) is 20.4 Å². The molecule has 1 fully saturated rings. The molecule has 2 aromatic heterocycles. The monoisotopic (exact) mass is 318 g/mol. The average molecular weight is 318 g/mol. The molecule has 0 spiro atoms. The zero-order chi connectivity index (χ0) is 16.2. The minimum Gasteiger partial charge on any atom is -0.469 e. The number of carbonyl (C=O) groups is 1. The van der Waals surface area contributed by atoms with E-state index in [1.165, 1.54) is 0 Å². The number of aromatic nitrogens is 2. The van der Waals surface area contributed by atoms with E-state index in [2.05, 4.69) is 15.5 Å². The van der Waals surface area contributed by atoms with Crippen molar-refractivity contribution >= 4 is 6.03 Å². The average Bonchev–Trinajstić information content (AvgIpc) is 3.27. The van der Waals surface area contributed by atoms with Gasteiger partial charge in [0, 0.05) is 25.4 Å². The SMILES string of the molecule is CC(C)c1nc(C2CCCN2C(=O)NCCc2ccco2)no1. The molecule has 1 atom stereocenters. The van der Waals surface area contributed by atoms with Gasteiger partial charge in [0.15, 0.2) is 5.82 Å². The zero-order valence-corrected chi connectivity index (χ0v) is 13.5. The predicted octanol–water partition coefficient (Wildman–Crippen LogP) is 2.88. The van der Waals surface area contributed by atoms with Gasteiger partial charge >= 0.3 is 6.03 Å². The number of carbonyl (C=O) groups excluding carboxylic acids is 1. The molecule has 0 saturated carbocycles. The largest absolute Gasteiger partial charge is 0.469 e. The highest BCUT2D eigenvalue weighted by Crippen LogP contribution is 2.30. The Morgan fingerprint density at radius 1 is 1.52 bits per heavy atom. The lowest BCUT2D eigenvalue weighted by atomic mass is 10.2. The minimum absolute atomic E-state index is 0.0880. The van der Waals surface area contributed by atoms with E-state index >= 15 is 0 Å². The first-order chi connectivity index (χ1) is 11.1. The molecule has 7 nitrogen and oxygen atoms in total. The molecular weight excluding hydrogens is 296 g/mol. The van der Waals surface area contributed by atoms with Crippen LogP contribution in [0.5, 0.6) is 0 Å². The van der Waals surface area contributed by atoms with E-state index in [-0.39, 0.29) is 18.0 Å². The van der Waals surface area contributed by atoms with E-state index in [9.17, 15) is 4.79 Å². The molecule has 1 unspecified atom stereocenters. The Hall–Kier alpha value is -2.31. The Balaban J connectivity index is 1.57. The van der Waals surface area contributed by atoms with Crippen LogP contribution in [0.2, 0.25) is 0 Å². The molecule has 1 aliphatic heterocycles. The molecule has 1 aliphatic rings. The highest BCUT2D eigenvalue weighted by atomic mass is 16.5. The van der Waals surface area contributed by atoms with E-state index < -0.39 is 0 Å². The number of nitrogens with zero attached hydrogens (tertiary/aromatic N) is 3. The summed E-state index contributed by atoms with van der Waals surface area (Å²) in [6.45, 7) is 5.26. The second kappa shape index (κ2) is 6.85. The molecule has 0 aromatic carbocycles. The summed E-state index contributed by atoms with van der Waals surface area (Å²) in [5.41, 5.74) is 0. The Bertz CT molecular complexity index is 636. The van der Waals surface area contributed by atoms with E-state index in [1.807, 2.05) is 26.0 Å². The fourth-order valence-corrected chi connectivity index (χ4v) is 2.74. The summed E-state index contributed by atoms with van der Waals surface area (Å²) in [6.07, 6.45) is 4.12. The maximum atomic E-state index is 12.4. The third-order valence-corrected chi connectivity index (χ3v) is 3.99. The van der Waals surface area contributed by atoms with Crippen molar-refractivity contribution in [2.45, 2.75) is 45.1 Å². The fraction of sp³-hybridized carbons (Fsp3) is 0.562. The first-order valence-electron chi connectivity index (χ1n) is 8.05. The summed E-state index contributed by atoms with van der Waals surface area (Å²) in [7, 11) is 0. The van der Waals surface area contributed by atoms with Gasteiger partial charge in [0.05, 0.1) is 12.3 Å². The maximum absolute atomic E-state index is 12.4. The second-order valence-electron chi connectivity index (χ2n) is 6.06. The standard InChI is InChI=1S/C16H22N4O3/c1-11(2)15-18-14(19-23-15)13-6-3-9-20(13)16(21)17-8-7-12-5-4-10-22-12/h4-5,10-11,13H,3,6-9H2,1-2H3,(H,17,21). The third kappa shape index (κ3) is 3.55. The maximum Gasteiger partial charge on any atom is 0.318 e. The number of amides is 2. The van der Waals surface area contributed by atoms with Gasteiger partial charge in [-0.2, -0.15) is 4.98 Å². The molecule has 2 aromatic rings. The van der Waals surface area contributed by atoms with Gasteiger partial charge in [-0.1, -0.05) is 19.0 Å². The smallest absolute Gasteiger partial charge is 0.318 e. The lowest BCUT2D eigenvalue weighted by Gasteiger charge is -2.22. The third-order valence-electron chi connectivity index (χ3n) is 3.99. The highest BCUT2D eigenvalue weighted by Gasteiger charge is 2.33. The van der Waals surface area contributed by atoms with E-state index in [1.54, 1.807) is 11.2 Å². The van der Waals surface area contributed by atoms with Gasteiger partial charge < -0.3 is 19.2 Å². The van der Waals surface area contributed by atoms with Crippen molar-refractivity contribution in [3.05, 3.63) is 35.9 Å². The number of hydrogen-bond donors (Lipinski definition) is 1. The van der Waals surface area contributed by atoms with Crippen LogP contribution in [0.1, 0.15) is 56.1 Å². The molecule has 124 valence electrons. The van der Waals surface area contributed by atoms with Crippen molar-refractivity contribution in [1.29, 1.82) is 0 Å². The molecular formula is C16H22N4O3. The quantitative estimate of drug-likeness (QED) is 0.916. The van der Waals surface area contributed by atoms with Gasteiger partial charge in [-0.15, -0.1) is 0 Å². The Kier molecular flexibility index (Phi) is 4.64. The number of urea groups is 1. The van der Waals surface area contributed by atoms with Crippen LogP contribution in [0.25, 0.3) is 0 Å². The molecule has 0 bridgehead atoms. The van der Waals surface area contributed by atoms with Crippen LogP contribution in [0, 0.1) is 0 Å². The van der Waals surface area contributed by atoms with Gasteiger partial charge in [-0.05, 0) is 25.0 Å². The number of hydrogen-bond acceptors (Lipinski definition) is 5. The molecule has 3 heterocycles. The van der Waals surface area contributed by atoms with E-state index in [0.717, 1.165) is 18.6 Å². The van der Waals surface area contributed by atoms with Crippen molar-refractivity contribution in [2.24, 2.45) is 0 Å². The first kappa shape index (κ1) is 15.6. The van der Waals surface area contributed by atoms with Crippen LogP contribution < -0.4 is 5.32 Å². The van der Waals surface area contributed by atoms with Crippen molar-refractivity contribution in [3.8, 4) is 0 Å². The van der Waals surface area contributed by atoms with Crippen molar-refractivity contribution in [2.75, 3.05) is 13.1 Å². The van der Waals surface area contributed by atoms with Gasteiger partial charge in [0.2, 0.25) is 5.89 Å². The number of rotatable bonds is 5. The predicted molar refractivity (Wildman–Crippen MR) is 82.9 cm³/mol. The van der Waals surface area contributed by atoms with Crippen molar-refractivity contribution < 1.29 is 13.7 Å². The molecule has 0 radical (unpaired) electrons. The molecule has 23 heavy (non-hydrogen) atoms. The lowest BCUT2D eigenvalue weighted by molar-refractivity contribution is 0.190. The van der Waals surface area contributed by atoms with Crippen LogP contribution >= 0.6 is 0 Å². The van der Waals surface area contributed by atoms with E-state index in [4.69, 9.17) is 8.94 Å². The zero-order valence-electron chi connectivity index (χ0n) is 13.5. The molecule has 1 N–H and O–H groups in total. The van der Waals surface area contributed by atoms with Gasteiger partial charge in [0.1, 0.15) is 5.76 Å². The normalized spacial score (nSPS) is 17.9. The first-order valence-corrected chi connectivity index (χ1v) is 8.05. The molecule has 0 aliphatic carbocycles. The van der Waals surface area contributed by atoms with Crippen LogP contribution in [0.15, 0.2) is 27.3 Å². The summed E-state index contributed by atoms with van der Waals surface area (Å²) in [5.74, 6) is 2.27. The molecule has 1 saturated heterocycles. The summed E-state index contributed by atoms with van der Waals surface area (Å²) in [4.78, 5) is 18.6. The van der Waals surface area contributed by atoms with Crippen molar-refractivity contribution in [3.63, 3.8) is 0 Å². The van der Waals surface area contributed by atoms with Crippen LogP contribution in [-0.2, 0) is 6.42 Å². The Morgan fingerprint density at radius 3 is 3.09 bits per heavy atom. The Morgan fingerprint density at radius 2 is 2.39 bits per heavy atom. The van der Waals surface area contributed by atoms with Crippen LogP contribution in [-0.4, -0.2) is 34.2 Å². The summed E-state index contributed by atoms with van der Waals surface area (Å²) in [5, 5.41) is 6.98. The van der Waals surface area contributed by atoms with Gasteiger partial charge in [-0.3, -0.25) is 0 Å². The number of nitrogens with one attached hydrogen (secondary N) is 1. The van der Waals surface area contributed by atoms with Crippen LogP contribution in [0.3, 0.4) is 0 Å². The minimum atomic E-state index is -0.102. The molecule has 7 heteroatoms. The molecule has 2 amide bonds. The second-order valence-corrected chi connectivity index (χ2v) is 6.06. The highest BCUT2D eigenvalue weighted by molar-refractivity contribution is 5.74. The van der Waals surface area contributed by atoms with Gasteiger partial charge in [0.25, 0.3) is 0 Å². The number of likely N-dealkylation sites (tertiary alicyclic amines) is 1. The summed E-state index contributed by atoms with van der Waals surface area (Å²) in [6, 6.07) is 3.55. The summed E-state index contributed by atoms with van der Waals surface area (Å²) >= 11 is 0. The molecule has 3 rings (SSSR count). The fourth-order valence-electron chi connectivity index (χ4n) is 2.74. The van der Waals surface area contributed by atoms with E-state index in [0.29, 0.717) is 31.2 Å². The topological polar surface area (TPSA) is 84.4 Å². The number of furan rings is 1. The van der Waals surface area contributed by atoms with Gasteiger partial charge in [-0.25, -0.2) is 4.79 Å².